The maximum absolute atomic E-state index is 12.6. The van der Waals surface area contributed by atoms with Crippen LogP contribution in [0.25, 0.3) is 11.0 Å². The Morgan fingerprint density at radius 2 is 2.13 bits per heavy atom. The molecule has 0 aliphatic carbocycles. The lowest BCUT2D eigenvalue weighted by Crippen LogP contribution is -2.38. The number of hydrogen-bond acceptors (Lipinski definition) is 3. The first-order valence-electron chi connectivity index (χ1n) is 7.88. The molecule has 1 aliphatic rings. The molecule has 0 unspecified atom stereocenters. The van der Waals surface area contributed by atoms with E-state index in [1.165, 1.54) is 5.57 Å². The Balaban J connectivity index is 2.38. The second-order valence-corrected chi connectivity index (χ2v) is 6.77. The molecule has 2 atom stereocenters. The Morgan fingerprint density at radius 1 is 1.39 bits per heavy atom. The molecule has 3 heteroatoms. The van der Waals surface area contributed by atoms with Gasteiger partial charge in [0.05, 0.1) is 10.9 Å². The molecule has 23 heavy (non-hydrogen) atoms. The van der Waals surface area contributed by atoms with Gasteiger partial charge >= 0.3 is 5.63 Å². The average Bonchev–Trinajstić information content (AvgIpc) is 2.45. The van der Waals surface area contributed by atoms with Gasteiger partial charge in [0.2, 0.25) is 0 Å². The lowest BCUT2D eigenvalue weighted by molar-refractivity contribution is 0.181. The predicted octanol–water partition coefficient (Wildman–Crippen LogP) is 4.66. The minimum Gasteiger partial charge on any atom is -0.485 e. The van der Waals surface area contributed by atoms with E-state index in [1.807, 2.05) is 52.0 Å². The van der Waals surface area contributed by atoms with Crippen LogP contribution in [0.3, 0.4) is 0 Å². The van der Waals surface area contributed by atoms with Crippen molar-refractivity contribution < 1.29 is 9.15 Å². The fraction of sp³-hybridized carbons (Fsp3) is 0.350. The number of allylic oxidation sites excluding steroid dienone is 2. The summed E-state index contributed by atoms with van der Waals surface area (Å²) < 4.78 is 11.8. The zero-order valence-electron chi connectivity index (χ0n) is 14.1. The first kappa shape index (κ1) is 15.6. The fourth-order valence-corrected chi connectivity index (χ4v) is 3.36. The molecule has 120 valence electrons. The molecular formula is C20H22O3. The van der Waals surface area contributed by atoms with E-state index < -0.39 is 5.41 Å². The van der Waals surface area contributed by atoms with E-state index in [0.29, 0.717) is 23.3 Å². The van der Waals surface area contributed by atoms with E-state index in [1.54, 1.807) is 0 Å². The quantitative estimate of drug-likeness (QED) is 0.598. The normalized spacial score (nSPS) is 23.0. The van der Waals surface area contributed by atoms with Crippen molar-refractivity contribution in [3.05, 3.63) is 64.1 Å². The molecule has 3 nitrogen and oxygen atoms in total. The number of fused-ring (bicyclic) bond motifs is 3. The van der Waals surface area contributed by atoms with E-state index in [2.05, 4.69) is 12.7 Å². The lowest BCUT2D eigenvalue weighted by Gasteiger charge is -2.36. The highest BCUT2D eigenvalue weighted by atomic mass is 16.5. The summed E-state index contributed by atoms with van der Waals surface area (Å²) in [5.41, 5.74) is 2.56. The van der Waals surface area contributed by atoms with Gasteiger partial charge in [-0.3, -0.25) is 0 Å². The second-order valence-electron chi connectivity index (χ2n) is 6.77. The maximum atomic E-state index is 12.6. The Labute approximate surface area is 136 Å². The van der Waals surface area contributed by atoms with Crippen LogP contribution in [-0.2, 0) is 5.41 Å². The molecule has 2 aromatic rings. The van der Waals surface area contributed by atoms with E-state index in [0.717, 1.165) is 10.9 Å². The van der Waals surface area contributed by atoms with Gasteiger partial charge in [-0.15, -0.1) is 6.58 Å². The summed E-state index contributed by atoms with van der Waals surface area (Å²) in [5.74, 6) is 0.644. The van der Waals surface area contributed by atoms with Crippen LogP contribution in [-0.4, -0.2) is 6.10 Å². The summed E-state index contributed by atoms with van der Waals surface area (Å²) in [6.45, 7) is 12.1. The van der Waals surface area contributed by atoms with Crippen LogP contribution in [0.5, 0.6) is 5.75 Å². The molecule has 2 heterocycles. The van der Waals surface area contributed by atoms with Crippen molar-refractivity contribution in [3.8, 4) is 5.75 Å². The molecule has 0 saturated carbocycles. The second kappa shape index (κ2) is 5.41. The Kier molecular flexibility index (Phi) is 3.67. The predicted molar refractivity (Wildman–Crippen MR) is 93.2 cm³/mol. The fourth-order valence-electron chi connectivity index (χ4n) is 3.36. The molecule has 0 saturated heterocycles. The summed E-state index contributed by atoms with van der Waals surface area (Å²) in [6, 6.07) is 5.70. The number of benzene rings is 1. The van der Waals surface area contributed by atoms with Crippen molar-refractivity contribution in [2.45, 2.75) is 45.6 Å². The first-order valence-corrected chi connectivity index (χ1v) is 7.88. The number of ether oxygens (including phenoxy) is 1. The molecule has 1 aromatic carbocycles. The van der Waals surface area contributed by atoms with E-state index >= 15 is 0 Å². The number of rotatable bonds is 2. The minimum absolute atomic E-state index is 0.0832. The van der Waals surface area contributed by atoms with Crippen LogP contribution in [0.1, 0.15) is 38.3 Å². The molecule has 0 fully saturated rings. The summed E-state index contributed by atoms with van der Waals surface area (Å²) in [6.07, 6.45) is 4.53. The largest absolute Gasteiger partial charge is 0.485 e. The third-order valence-electron chi connectivity index (χ3n) is 4.53. The van der Waals surface area contributed by atoms with Gasteiger partial charge in [0, 0.05) is 11.8 Å². The van der Waals surface area contributed by atoms with Crippen molar-refractivity contribution in [2.75, 3.05) is 0 Å². The zero-order valence-corrected chi connectivity index (χ0v) is 14.1. The Hall–Kier alpha value is -2.29. The molecule has 0 bridgehead atoms. The average molecular weight is 310 g/mol. The Morgan fingerprint density at radius 3 is 2.78 bits per heavy atom. The van der Waals surface area contributed by atoms with E-state index in [9.17, 15) is 4.79 Å². The first-order chi connectivity index (χ1) is 10.9. The Bertz CT molecular complexity index is 868. The maximum Gasteiger partial charge on any atom is 0.344 e. The number of hydrogen-bond donors (Lipinski definition) is 0. The van der Waals surface area contributed by atoms with Crippen LogP contribution in [0.2, 0.25) is 0 Å². The molecular weight excluding hydrogens is 288 g/mol. The molecule has 1 aromatic heterocycles. The summed E-state index contributed by atoms with van der Waals surface area (Å²) in [7, 11) is 0. The van der Waals surface area contributed by atoms with Crippen LogP contribution in [0.4, 0.5) is 0 Å². The monoisotopic (exact) mass is 310 g/mol. The molecule has 1 aliphatic heterocycles. The highest BCUT2D eigenvalue weighted by Crippen LogP contribution is 2.44. The van der Waals surface area contributed by atoms with Gasteiger partial charge in [-0.05, 0) is 38.5 Å². The summed E-state index contributed by atoms with van der Waals surface area (Å²) in [4.78, 5) is 12.6. The summed E-state index contributed by atoms with van der Waals surface area (Å²) in [5, 5.41) is 0.877. The van der Waals surface area contributed by atoms with Crippen molar-refractivity contribution in [1.29, 1.82) is 0 Å². The van der Waals surface area contributed by atoms with E-state index in [-0.39, 0.29) is 11.7 Å². The standard InChI is InChI=1S/C20H22O3/c1-6-20(5)11-14(10-12(2)3)22-18-16-13(4)8-7-9-15(16)23-19(21)17(18)20/h6-10,14H,1,11H2,2-5H3/t14-,20+/m0/s1. The molecule has 0 amide bonds. The van der Waals surface area contributed by atoms with Crippen molar-refractivity contribution in [3.63, 3.8) is 0 Å². The highest BCUT2D eigenvalue weighted by molar-refractivity contribution is 5.88. The minimum atomic E-state index is -0.471. The van der Waals surface area contributed by atoms with Gasteiger partial charge in [0.15, 0.2) is 0 Å². The molecule has 0 N–H and O–H groups in total. The highest BCUT2D eigenvalue weighted by Gasteiger charge is 2.39. The third kappa shape index (κ3) is 2.50. The van der Waals surface area contributed by atoms with Crippen LogP contribution in [0.15, 0.2) is 51.7 Å². The molecule has 0 radical (unpaired) electrons. The van der Waals surface area contributed by atoms with Crippen molar-refractivity contribution in [1.82, 2.24) is 0 Å². The van der Waals surface area contributed by atoms with Gasteiger partial charge in [0.25, 0.3) is 0 Å². The van der Waals surface area contributed by atoms with Crippen molar-refractivity contribution in [2.24, 2.45) is 0 Å². The van der Waals surface area contributed by atoms with Gasteiger partial charge in [0.1, 0.15) is 17.4 Å². The van der Waals surface area contributed by atoms with Gasteiger partial charge < -0.3 is 9.15 Å². The van der Waals surface area contributed by atoms with Crippen LogP contribution < -0.4 is 10.4 Å². The topological polar surface area (TPSA) is 39.4 Å². The third-order valence-corrected chi connectivity index (χ3v) is 4.53. The zero-order chi connectivity index (χ0) is 16.8. The van der Waals surface area contributed by atoms with Gasteiger partial charge in [-0.2, -0.15) is 0 Å². The summed E-state index contributed by atoms with van der Waals surface area (Å²) >= 11 is 0. The van der Waals surface area contributed by atoms with Crippen LogP contribution in [0, 0.1) is 6.92 Å². The van der Waals surface area contributed by atoms with Crippen LogP contribution >= 0.6 is 0 Å². The van der Waals surface area contributed by atoms with Gasteiger partial charge in [-0.25, -0.2) is 4.79 Å². The number of aryl methyl sites for hydroxylation is 1. The van der Waals surface area contributed by atoms with Gasteiger partial charge in [-0.1, -0.05) is 30.7 Å². The lowest BCUT2D eigenvalue weighted by atomic mass is 9.75. The smallest absolute Gasteiger partial charge is 0.344 e. The molecule has 3 rings (SSSR count). The van der Waals surface area contributed by atoms with Crippen molar-refractivity contribution >= 4 is 11.0 Å². The SMILES string of the molecule is C=C[C@]1(C)C[C@H](C=C(C)C)Oc2c1c(=O)oc1cccc(C)c21. The molecule has 0 spiro atoms. The van der Waals surface area contributed by atoms with E-state index in [4.69, 9.17) is 9.15 Å².